The van der Waals surface area contributed by atoms with Gasteiger partial charge < -0.3 is 14.8 Å². The lowest BCUT2D eigenvalue weighted by molar-refractivity contribution is -0.132. The Morgan fingerprint density at radius 1 is 1.00 bits per heavy atom. The Balaban J connectivity index is 1.83. The number of para-hydroxylation sites is 2. The predicted octanol–water partition coefficient (Wildman–Crippen LogP) is 3.50. The maximum Gasteiger partial charge on any atom is 0.270 e. The van der Waals surface area contributed by atoms with E-state index >= 15 is 0 Å². The molecule has 0 radical (unpaired) electrons. The average molecular weight is 422 g/mol. The van der Waals surface area contributed by atoms with Gasteiger partial charge in [-0.2, -0.15) is 0 Å². The van der Waals surface area contributed by atoms with Crippen molar-refractivity contribution in [2.24, 2.45) is 11.8 Å². The molecule has 0 saturated carbocycles. The number of nitrogens with zero attached hydrogens (tertiary/aromatic N) is 4. The van der Waals surface area contributed by atoms with Crippen LogP contribution in [0, 0.1) is 11.8 Å². The van der Waals surface area contributed by atoms with Gasteiger partial charge in [-0.15, -0.1) is 0 Å². The fraction of sp³-hybridized carbons (Fsp3) is 0.417. The Morgan fingerprint density at radius 3 is 2.32 bits per heavy atom. The lowest BCUT2D eigenvalue weighted by atomic mass is 10.1. The molecule has 2 aromatic heterocycles. The zero-order valence-electron chi connectivity index (χ0n) is 18.7. The summed E-state index contributed by atoms with van der Waals surface area (Å²) in [5.74, 6) is 1.21. The van der Waals surface area contributed by atoms with Crippen LogP contribution in [0.3, 0.4) is 0 Å². The third-order valence-corrected chi connectivity index (χ3v) is 4.86. The normalized spacial score (nSPS) is 11.3. The fourth-order valence-electron chi connectivity index (χ4n) is 3.58. The average Bonchev–Trinajstić information content (AvgIpc) is 3.09. The van der Waals surface area contributed by atoms with Gasteiger partial charge in [0.25, 0.3) is 5.91 Å². The minimum atomic E-state index is -0.272. The van der Waals surface area contributed by atoms with Crippen molar-refractivity contribution >= 4 is 22.8 Å². The van der Waals surface area contributed by atoms with Crippen molar-refractivity contribution in [1.82, 2.24) is 24.8 Å². The van der Waals surface area contributed by atoms with Gasteiger partial charge in [0.05, 0.1) is 17.6 Å². The maximum absolute atomic E-state index is 13.2. The van der Waals surface area contributed by atoms with Crippen LogP contribution >= 0.6 is 0 Å². The van der Waals surface area contributed by atoms with Crippen LogP contribution in [0.15, 0.2) is 48.7 Å². The molecule has 0 saturated heterocycles. The number of hydrogen-bond donors (Lipinski definition) is 1. The minimum absolute atomic E-state index is 0.0582. The summed E-state index contributed by atoms with van der Waals surface area (Å²) < 4.78 is 1.91. The van der Waals surface area contributed by atoms with Crippen LogP contribution in [0.2, 0.25) is 0 Å². The molecule has 0 bridgehead atoms. The first-order valence-electron chi connectivity index (χ1n) is 10.8. The smallest absolute Gasteiger partial charge is 0.270 e. The second-order valence-electron chi connectivity index (χ2n) is 8.59. The molecule has 0 spiro atoms. The summed E-state index contributed by atoms with van der Waals surface area (Å²) in [6.07, 6.45) is 1.58. The number of benzene rings is 1. The van der Waals surface area contributed by atoms with E-state index in [2.05, 4.69) is 43.0 Å². The number of pyridine rings is 1. The molecule has 0 unspecified atom stereocenters. The van der Waals surface area contributed by atoms with Gasteiger partial charge in [0.15, 0.2) is 0 Å². The lowest BCUT2D eigenvalue weighted by Crippen LogP contribution is -2.39. The van der Waals surface area contributed by atoms with Crippen LogP contribution < -0.4 is 5.32 Å². The third-order valence-electron chi connectivity index (χ3n) is 4.86. The minimum Gasteiger partial charge on any atom is -0.343 e. The second kappa shape index (κ2) is 10.2. The fourth-order valence-corrected chi connectivity index (χ4v) is 3.58. The molecule has 7 nitrogen and oxygen atoms in total. The van der Waals surface area contributed by atoms with Crippen molar-refractivity contribution in [2.75, 3.05) is 13.1 Å². The van der Waals surface area contributed by atoms with Gasteiger partial charge in [-0.3, -0.25) is 14.6 Å². The van der Waals surface area contributed by atoms with Gasteiger partial charge in [0.1, 0.15) is 18.1 Å². The highest BCUT2D eigenvalue weighted by Gasteiger charge is 2.20. The first-order valence-corrected chi connectivity index (χ1v) is 10.8. The number of carbonyl (C=O) groups is 2. The number of imidazole rings is 1. The summed E-state index contributed by atoms with van der Waals surface area (Å²) in [4.78, 5) is 36.3. The Bertz CT molecular complexity index is 1020. The molecule has 1 aromatic carbocycles. The molecule has 0 aliphatic carbocycles. The molecule has 31 heavy (non-hydrogen) atoms. The molecule has 0 aliphatic rings. The van der Waals surface area contributed by atoms with E-state index < -0.39 is 0 Å². The summed E-state index contributed by atoms with van der Waals surface area (Å²) in [6, 6.07) is 12.9. The largest absolute Gasteiger partial charge is 0.343 e. The van der Waals surface area contributed by atoms with Gasteiger partial charge in [-0.25, -0.2) is 4.98 Å². The maximum atomic E-state index is 13.2. The van der Waals surface area contributed by atoms with Crippen LogP contribution in [0.5, 0.6) is 0 Å². The van der Waals surface area contributed by atoms with Gasteiger partial charge in [0.2, 0.25) is 5.91 Å². The second-order valence-corrected chi connectivity index (χ2v) is 8.59. The van der Waals surface area contributed by atoms with Gasteiger partial charge in [-0.05, 0) is 36.1 Å². The van der Waals surface area contributed by atoms with Crippen molar-refractivity contribution in [2.45, 2.75) is 40.8 Å². The number of carbonyl (C=O) groups excluding carboxylic acids is 2. The predicted molar refractivity (Wildman–Crippen MR) is 121 cm³/mol. The molecule has 1 N–H and O–H groups in total. The highest BCUT2D eigenvalue weighted by Crippen LogP contribution is 2.17. The van der Waals surface area contributed by atoms with E-state index in [1.54, 1.807) is 24.4 Å². The van der Waals surface area contributed by atoms with Gasteiger partial charge in [-0.1, -0.05) is 45.9 Å². The molecular formula is C24H31N5O2. The van der Waals surface area contributed by atoms with Crippen LogP contribution in [-0.4, -0.2) is 44.3 Å². The number of aromatic nitrogens is 3. The molecule has 0 fully saturated rings. The first kappa shape index (κ1) is 22.5. The van der Waals surface area contributed by atoms with E-state index in [1.807, 2.05) is 33.7 Å². The van der Waals surface area contributed by atoms with Crippen molar-refractivity contribution in [3.8, 4) is 0 Å². The molecule has 7 heteroatoms. The van der Waals surface area contributed by atoms with Gasteiger partial charge >= 0.3 is 0 Å². The molecule has 3 rings (SSSR count). The van der Waals surface area contributed by atoms with E-state index in [9.17, 15) is 9.59 Å². The summed E-state index contributed by atoms with van der Waals surface area (Å²) in [7, 11) is 0. The van der Waals surface area contributed by atoms with Crippen LogP contribution in [0.1, 0.15) is 44.0 Å². The quantitative estimate of drug-likeness (QED) is 0.573. The lowest BCUT2D eigenvalue weighted by Gasteiger charge is -2.27. The summed E-state index contributed by atoms with van der Waals surface area (Å²) in [5, 5.41) is 2.87. The highest BCUT2D eigenvalue weighted by molar-refractivity contribution is 5.92. The number of nitrogens with one attached hydrogen (secondary N) is 1. The van der Waals surface area contributed by atoms with E-state index in [0.29, 0.717) is 23.4 Å². The van der Waals surface area contributed by atoms with Crippen LogP contribution in [0.25, 0.3) is 11.0 Å². The highest BCUT2D eigenvalue weighted by atomic mass is 16.2. The summed E-state index contributed by atoms with van der Waals surface area (Å²) in [5.41, 5.74) is 2.03. The van der Waals surface area contributed by atoms with Crippen molar-refractivity contribution < 1.29 is 9.59 Å². The molecule has 2 amide bonds. The van der Waals surface area contributed by atoms with Gasteiger partial charge in [0, 0.05) is 19.3 Å². The Morgan fingerprint density at radius 2 is 1.68 bits per heavy atom. The number of hydrogen-bond acceptors (Lipinski definition) is 4. The van der Waals surface area contributed by atoms with E-state index in [0.717, 1.165) is 24.1 Å². The summed E-state index contributed by atoms with van der Waals surface area (Å²) >= 11 is 0. The molecule has 0 atom stereocenters. The Kier molecular flexibility index (Phi) is 7.39. The molecule has 3 aromatic rings. The first-order chi connectivity index (χ1) is 14.8. The van der Waals surface area contributed by atoms with Crippen molar-refractivity contribution in [3.63, 3.8) is 0 Å². The molecule has 164 valence electrons. The number of amides is 2. The SMILES string of the molecule is CC(C)CN(CC(C)C)C(=O)Cn1c(CNC(=O)c2ccccn2)nc2ccccc21. The third kappa shape index (κ3) is 5.90. The Hall–Kier alpha value is -3.22. The van der Waals surface area contributed by atoms with E-state index in [-0.39, 0.29) is 24.9 Å². The molecule has 0 aliphatic heterocycles. The Labute approximate surface area is 183 Å². The van der Waals surface area contributed by atoms with Crippen LogP contribution in [-0.2, 0) is 17.9 Å². The van der Waals surface area contributed by atoms with Crippen molar-refractivity contribution in [3.05, 3.63) is 60.2 Å². The standard InChI is InChI=1S/C24H31N5O2/c1-17(2)14-28(15-18(3)4)23(30)16-29-21-11-6-5-9-19(21)27-22(29)13-26-24(31)20-10-7-8-12-25-20/h5-12,17-18H,13-16H2,1-4H3,(H,26,31). The molecular weight excluding hydrogens is 390 g/mol. The zero-order valence-corrected chi connectivity index (χ0v) is 18.7. The zero-order chi connectivity index (χ0) is 22.4. The van der Waals surface area contributed by atoms with E-state index in [1.165, 1.54) is 0 Å². The van der Waals surface area contributed by atoms with Crippen LogP contribution in [0.4, 0.5) is 0 Å². The number of fused-ring (bicyclic) bond motifs is 1. The van der Waals surface area contributed by atoms with E-state index in [4.69, 9.17) is 0 Å². The molecule has 2 heterocycles. The summed E-state index contributed by atoms with van der Waals surface area (Å²) in [6.45, 7) is 10.3. The van der Waals surface area contributed by atoms with Crippen molar-refractivity contribution in [1.29, 1.82) is 0 Å². The number of rotatable bonds is 9. The topological polar surface area (TPSA) is 80.1 Å². The monoisotopic (exact) mass is 421 g/mol.